The zero-order valence-corrected chi connectivity index (χ0v) is 15.1. The lowest BCUT2D eigenvalue weighted by Gasteiger charge is -2.29. The number of carbonyl (C=O) groups excluding carboxylic acids is 1. The maximum Gasteiger partial charge on any atom is 0.412 e. The van der Waals surface area contributed by atoms with Crippen molar-refractivity contribution in [1.82, 2.24) is 4.90 Å². The molecule has 2 rings (SSSR count). The van der Waals surface area contributed by atoms with Crippen LogP contribution in [0.25, 0.3) is 0 Å². The number of hydrogen-bond acceptors (Lipinski definition) is 5. The van der Waals surface area contributed by atoms with Crippen molar-refractivity contribution in [2.45, 2.75) is 45.1 Å². The molecule has 1 heterocycles. The summed E-state index contributed by atoms with van der Waals surface area (Å²) in [4.78, 5) is 14.3. The summed E-state index contributed by atoms with van der Waals surface area (Å²) in [7, 11) is 0. The Hall–Kier alpha value is -1.79. The molecule has 1 aliphatic rings. The predicted molar refractivity (Wildman–Crippen MR) is 98.1 cm³/mol. The average Bonchev–Trinajstić information content (AvgIpc) is 2.62. The number of carbonyl (C=O) groups is 1. The Balaban J connectivity index is 1.80. The summed E-state index contributed by atoms with van der Waals surface area (Å²) in [5.41, 5.74) is 0.619. The van der Waals surface area contributed by atoms with Crippen molar-refractivity contribution >= 4 is 11.8 Å². The highest BCUT2D eigenvalue weighted by Crippen LogP contribution is 2.18. The molecule has 0 saturated carbocycles. The molecule has 6 heteroatoms. The molecule has 1 aromatic carbocycles. The zero-order valence-electron chi connectivity index (χ0n) is 15.1. The third-order valence-corrected chi connectivity index (χ3v) is 4.23. The monoisotopic (exact) mass is 350 g/mol. The molecule has 1 amide bonds. The lowest BCUT2D eigenvalue weighted by molar-refractivity contribution is 0.0366. The van der Waals surface area contributed by atoms with E-state index in [0.29, 0.717) is 18.8 Å². The van der Waals surface area contributed by atoms with Crippen molar-refractivity contribution < 1.29 is 19.4 Å². The fourth-order valence-electron chi connectivity index (χ4n) is 2.86. The van der Waals surface area contributed by atoms with Crippen LogP contribution in [0.1, 0.15) is 39.0 Å². The molecule has 1 unspecified atom stereocenters. The van der Waals surface area contributed by atoms with E-state index in [4.69, 9.17) is 9.47 Å². The first-order valence-corrected chi connectivity index (χ1v) is 9.25. The summed E-state index contributed by atoms with van der Waals surface area (Å²) in [6, 6.07) is 7.25. The van der Waals surface area contributed by atoms with E-state index < -0.39 is 12.2 Å². The first kappa shape index (κ1) is 19.5. The van der Waals surface area contributed by atoms with Crippen LogP contribution in [0.4, 0.5) is 10.5 Å². The summed E-state index contributed by atoms with van der Waals surface area (Å²) in [5, 5.41) is 12.2. The molecule has 25 heavy (non-hydrogen) atoms. The molecule has 0 aromatic heterocycles. The van der Waals surface area contributed by atoms with E-state index in [9.17, 15) is 9.90 Å². The van der Waals surface area contributed by atoms with Crippen LogP contribution < -0.4 is 10.1 Å². The van der Waals surface area contributed by atoms with Crippen molar-refractivity contribution in [1.29, 1.82) is 0 Å². The van der Waals surface area contributed by atoms with Gasteiger partial charge in [0.1, 0.15) is 11.9 Å². The second kappa shape index (κ2) is 10.9. The molecule has 0 spiro atoms. The molecule has 6 nitrogen and oxygen atoms in total. The number of amides is 1. The molecule has 0 radical (unpaired) electrons. The van der Waals surface area contributed by atoms with Gasteiger partial charge in [0.25, 0.3) is 0 Å². The van der Waals surface area contributed by atoms with E-state index in [-0.39, 0.29) is 6.61 Å². The van der Waals surface area contributed by atoms with E-state index >= 15 is 0 Å². The van der Waals surface area contributed by atoms with E-state index in [1.54, 1.807) is 12.1 Å². The van der Waals surface area contributed by atoms with E-state index in [2.05, 4.69) is 17.1 Å². The summed E-state index contributed by atoms with van der Waals surface area (Å²) >= 11 is 0. The number of hydrogen-bond donors (Lipinski definition) is 2. The Morgan fingerprint density at radius 2 is 2.12 bits per heavy atom. The Labute approximate surface area is 150 Å². The molecule has 140 valence electrons. The van der Waals surface area contributed by atoms with Gasteiger partial charge in [-0.1, -0.05) is 25.8 Å². The minimum Gasteiger partial charge on any atom is -0.494 e. The second-order valence-corrected chi connectivity index (χ2v) is 6.43. The number of aliphatic hydroxyl groups is 1. The maximum atomic E-state index is 12.1. The third-order valence-electron chi connectivity index (χ3n) is 4.23. The SMILES string of the molecule is CCCCOc1cccc(NC(=O)OC(CO)CN2CCCCC2)c1. The number of benzene rings is 1. The van der Waals surface area contributed by atoms with Crippen molar-refractivity contribution in [3.8, 4) is 5.75 Å². The number of unbranched alkanes of at least 4 members (excludes halogenated alkanes) is 1. The summed E-state index contributed by atoms with van der Waals surface area (Å²) in [6.45, 7) is 5.16. The van der Waals surface area contributed by atoms with Crippen LogP contribution in [0.3, 0.4) is 0 Å². The van der Waals surface area contributed by atoms with E-state index in [1.807, 2.05) is 12.1 Å². The molecule has 1 saturated heterocycles. The van der Waals surface area contributed by atoms with Crippen LogP contribution in [0.5, 0.6) is 5.75 Å². The summed E-state index contributed by atoms with van der Waals surface area (Å²) in [6.07, 6.45) is 4.57. The average molecular weight is 350 g/mol. The number of nitrogens with zero attached hydrogens (tertiary/aromatic N) is 1. The van der Waals surface area contributed by atoms with Crippen molar-refractivity contribution in [2.24, 2.45) is 0 Å². The Kier molecular flexibility index (Phi) is 8.55. The van der Waals surface area contributed by atoms with Gasteiger partial charge in [-0.2, -0.15) is 0 Å². The lowest BCUT2D eigenvalue weighted by atomic mass is 10.1. The number of aliphatic hydroxyl groups excluding tert-OH is 1. The Bertz CT molecular complexity index is 518. The van der Waals surface area contributed by atoms with Gasteiger partial charge < -0.3 is 14.6 Å². The highest BCUT2D eigenvalue weighted by Gasteiger charge is 2.19. The van der Waals surface area contributed by atoms with E-state index in [1.165, 1.54) is 6.42 Å². The van der Waals surface area contributed by atoms with Crippen LogP contribution in [0.15, 0.2) is 24.3 Å². The van der Waals surface area contributed by atoms with Gasteiger partial charge in [0.05, 0.1) is 13.2 Å². The number of rotatable bonds is 9. The van der Waals surface area contributed by atoms with Gasteiger partial charge in [-0.15, -0.1) is 0 Å². The predicted octanol–water partition coefficient (Wildman–Crippen LogP) is 3.26. The smallest absolute Gasteiger partial charge is 0.412 e. The lowest BCUT2D eigenvalue weighted by Crippen LogP contribution is -2.40. The first-order chi connectivity index (χ1) is 12.2. The van der Waals surface area contributed by atoms with Crippen molar-refractivity contribution in [3.63, 3.8) is 0 Å². The van der Waals surface area contributed by atoms with E-state index in [0.717, 1.165) is 44.5 Å². The highest BCUT2D eigenvalue weighted by molar-refractivity contribution is 5.84. The maximum absolute atomic E-state index is 12.1. The van der Waals surface area contributed by atoms with Gasteiger partial charge in [0.15, 0.2) is 0 Å². The fraction of sp³-hybridized carbons (Fsp3) is 0.632. The molecule has 2 N–H and O–H groups in total. The number of nitrogens with one attached hydrogen (secondary N) is 1. The summed E-state index contributed by atoms with van der Waals surface area (Å²) < 4.78 is 11.0. The van der Waals surface area contributed by atoms with Crippen LogP contribution in [-0.2, 0) is 4.74 Å². The molecule has 1 aliphatic heterocycles. The molecule has 1 fully saturated rings. The second-order valence-electron chi connectivity index (χ2n) is 6.43. The minimum absolute atomic E-state index is 0.176. The Morgan fingerprint density at radius 1 is 1.32 bits per heavy atom. The van der Waals surface area contributed by atoms with Gasteiger partial charge in [0, 0.05) is 18.3 Å². The highest BCUT2D eigenvalue weighted by atomic mass is 16.6. The normalized spacial score (nSPS) is 16.2. The van der Waals surface area contributed by atoms with Gasteiger partial charge in [-0.25, -0.2) is 4.79 Å². The van der Waals surface area contributed by atoms with Crippen LogP contribution in [-0.4, -0.2) is 55.1 Å². The van der Waals surface area contributed by atoms with Crippen LogP contribution in [0.2, 0.25) is 0 Å². The third kappa shape index (κ3) is 7.32. The molecule has 1 atom stereocenters. The van der Waals surface area contributed by atoms with Crippen LogP contribution >= 0.6 is 0 Å². The molecular weight excluding hydrogens is 320 g/mol. The Morgan fingerprint density at radius 3 is 2.84 bits per heavy atom. The summed E-state index contributed by atoms with van der Waals surface area (Å²) in [5.74, 6) is 0.721. The molecule has 1 aromatic rings. The molecular formula is C19H30N2O4. The van der Waals surface area contributed by atoms with Gasteiger partial charge in [0.2, 0.25) is 0 Å². The first-order valence-electron chi connectivity index (χ1n) is 9.25. The quantitative estimate of drug-likeness (QED) is 0.669. The number of likely N-dealkylation sites (tertiary alicyclic amines) is 1. The molecule has 0 bridgehead atoms. The fourth-order valence-corrected chi connectivity index (χ4v) is 2.86. The van der Waals surface area contributed by atoms with Gasteiger partial charge >= 0.3 is 6.09 Å². The number of piperidine rings is 1. The van der Waals surface area contributed by atoms with Crippen molar-refractivity contribution in [3.05, 3.63) is 24.3 Å². The molecule has 0 aliphatic carbocycles. The zero-order chi connectivity index (χ0) is 17.9. The topological polar surface area (TPSA) is 71.0 Å². The van der Waals surface area contributed by atoms with Crippen LogP contribution in [0, 0.1) is 0 Å². The standard InChI is InChI=1S/C19H30N2O4/c1-2-3-12-24-17-9-7-8-16(13-17)20-19(23)25-18(15-22)14-21-10-5-4-6-11-21/h7-9,13,18,22H,2-6,10-12,14-15H2,1H3,(H,20,23). The van der Waals surface area contributed by atoms with Gasteiger partial charge in [-0.3, -0.25) is 10.2 Å². The number of anilines is 1. The largest absolute Gasteiger partial charge is 0.494 e. The minimum atomic E-state index is -0.554. The van der Waals surface area contributed by atoms with Crippen molar-refractivity contribution in [2.75, 3.05) is 38.2 Å². The number of ether oxygens (including phenoxy) is 2. The van der Waals surface area contributed by atoms with Gasteiger partial charge in [-0.05, 0) is 44.5 Å².